The van der Waals surface area contributed by atoms with Crippen molar-refractivity contribution >= 4 is 11.8 Å². The summed E-state index contributed by atoms with van der Waals surface area (Å²) < 4.78 is 0. The van der Waals surface area contributed by atoms with E-state index in [1.165, 1.54) is 0 Å². The Hall–Kier alpha value is -1.10. The highest BCUT2D eigenvalue weighted by Gasteiger charge is 2.27. The third-order valence-electron chi connectivity index (χ3n) is 2.72. The first kappa shape index (κ1) is 12.0. The Balaban J connectivity index is 2.48. The Morgan fingerprint density at radius 1 is 1.40 bits per heavy atom. The summed E-state index contributed by atoms with van der Waals surface area (Å²) in [6.45, 7) is 1.68. The predicted octanol–water partition coefficient (Wildman–Crippen LogP) is -0.810. The molecule has 0 spiro atoms. The fraction of sp³-hybridized carbons (Fsp3) is 0.800. The van der Waals surface area contributed by atoms with Crippen LogP contribution in [-0.2, 0) is 9.59 Å². The topological polar surface area (TPSA) is 61.4 Å². The second kappa shape index (κ2) is 5.70. The molecule has 5 nitrogen and oxygen atoms in total. The Bertz CT molecular complexity index is 243. The Morgan fingerprint density at radius 2 is 2.13 bits per heavy atom. The molecule has 0 bridgehead atoms. The zero-order valence-corrected chi connectivity index (χ0v) is 9.38. The molecule has 0 saturated carbocycles. The lowest BCUT2D eigenvalue weighted by atomic mass is 9.97. The number of nitrogens with one attached hydrogen (secondary N) is 2. The molecule has 0 aliphatic carbocycles. The number of likely N-dealkylation sites (N-methyl/N-ethyl adjacent to an activating group) is 1. The van der Waals surface area contributed by atoms with Crippen LogP contribution in [0.25, 0.3) is 0 Å². The quantitative estimate of drug-likeness (QED) is 0.644. The molecule has 86 valence electrons. The zero-order valence-electron chi connectivity index (χ0n) is 9.38. The highest BCUT2D eigenvalue weighted by Crippen LogP contribution is 2.16. The van der Waals surface area contributed by atoms with E-state index in [2.05, 4.69) is 10.6 Å². The second-order valence-corrected chi connectivity index (χ2v) is 3.82. The van der Waals surface area contributed by atoms with Crippen LogP contribution < -0.4 is 10.6 Å². The lowest BCUT2D eigenvalue weighted by Crippen LogP contribution is -2.47. The van der Waals surface area contributed by atoms with Gasteiger partial charge >= 0.3 is 0 Å². The number of rotatable bonds is 3. The minimum Gasteiger partial charge on any atom is -0.359 e. The van der Waals surface area contributed by atoms with Crippen LogP contribution in [0.15, 0.2) is 0 Å². The molecule has 2 N–H and O–H groups in total. The monoisotopic (exact) mass is 213 g/mol. The van der Waals surface area contributed by atoms with Crippen molar-refractivity contribution in [2.75, 3.05) is 33.7 Å². The molecular formula is C10H19N3O2. The van der Waals surface area contributed by atoms with Gasteiger partial charge in [0.05, 0.1) is 12.5 Å². The van der Waals surface area contributed by atoms with E-state index >= 15 is 0 Å². The van der Waals surface area contributed by atoms with Gasteiger partial charge in [-0.15, -0.1) is 0 Å². The first-order valence-electron chi connectivity index (χ1n) is 5.33. The Labute approximate surface area is 90.2 Å². The van der Waals surface area contributed by atoms with E-state index in [4.69, 9.17) is 0 Å². The molecule has 1 saturated heterocycles. The number of hydrogen-bond donors (Lipinski definition) is 2. The molecule has 0 aromatic carbocycles. The van der Waals surface area contributed by atoms with Gasteiger partial charge in [-0.25, -0.2) is 0 Å². The minimum absolute atomic E-state index is 0.0374. The number of nitrogens with zero attached hydrogens (tertiary/aromatic N) is 1. The lowest BCUT2D eigenvalue weighted by molar-refractivity contribution is -0.134. The average Bonchev–Trinajstić information content (AvgIpc) is 2.28. The first-order valence-corrected chi connectivity index (χ1v) is 5.33. The van der Waals surface area contributed by atoms with Crippen LogP contribution in [0.3, 0.4) is 0 Å². The van der Waals surface area contributed by atoms with Gasteiger partial charge in [-0.1, -0.05) is 0 Å². The number of amides is 2. The molecule has 1 rings (SSSR count). The van der Waals surface area contributed by atoms with Crippen LogP contribution in [-0.4, -0.2) is 50.4 Å². The summed E-state index contributed by atoms with van der Waals surface area (Å²) >= 11 is 0. The molecule has 1 aliphatic heterocycles. The molecular weight excluding hydrogens is 194 g/mol. The lowest BCUT2D eigenvalue weighted by Gasteiger charge is -2.31. The smallest absolute Gasteiger partial charge is 0.236 e. The number of hydrogen-bond acceptors (Lipinski definition) is 3. The summed E-state index contributed by atoms with van der Waals surface area (Å²) in [5.74, 6) is 0.0765. The first-order chi connectivity index (χ1) is 7.19. The Kier molecular flexibility index (Phi) is 4.55. The van der Waals surface area contributed by atoms with E-state index in [0.717, 1.165) is 19.4 Å². The van der Waals surface area contributed by atoms with Crippen LogP contribution in [0, 0.1) is 5.92 Å². The van der Waals surface area contributed by atoms with Crippen LogP contribution in [0.2, 0.25) is 0 Å². The van der Waals surface area contributed by atoms with E-state index in [9.17, 15) is 9.59 Å². The van der Waals surface area contributed by atoms with Crippen LogP contribution in [0.1, 0.15) is 12.8 Å². The molecule has 1 heterocycles. The third-order valence-corrected chi connectivity index (χ3v) is 2.72. The second-order valence-electron chi connectivity index (χ2n) is 3.82. The van der Waals surface area contributed by atoms with E-state index in [1.54, 1.807) is 19.0 Å². The SMILES string of the molecule is CNCC(=O)N1CCCC(C(=O)NC)C1. The van der Waals surface area contributed by atoms with Crippen molar-refractivity contribution in [1.29, 1.82) is 0 Å². The van der Waals surface area contributed by atoms with Gasteiger partial charge in [0.1, 0.15) is 0 Å². The molecule has 1 fully saturated rings. The third kappa shape index (κ3) is 3.20. The molecule has 2 amide bonds. The number of carbonyl (C=O) groups excluding carboxylic acids is 2. The van der Waals surface area contributed by atoms with Crippen molar-refractivity contribution in [3.8, 4) is 0 Å². The van der Waals surface area contributed by atoms with Crippen molar-refractivity contribution in [1.82, 2.24) is 15.5 Å². The molecule has 1 aliphatic rings. The summed E-state index contributed by atoms with van der Waals surface area (Å²) in [4.78, 5) is 24.8. The normalized spacial score (nSPS) is 21.2. The average molecular weight is 213 g/mol. The standard InChI is InChI=1S/C10H19N3O2/c1-11-6-9(14)13-5-3-4-8(7-13)10(15)12-2/h8,11H,3-7H2,1-2H3,(H,12,15). The van der Waals surface area contributed by atoms with Gasteiger partial charge in [0, 0.05) is 20.1 Å². The molecule has 5 heteroatoms. The van der Waals surface area contributed by atoms with Crippen molar-refractivity contribution in [3.05, 3.63) is 0 Å². The summed E-state index contributed by atoms with van der Waals surface area (Å²) in [5.41, 5.74) is 0. The summed E-state index contributed by atoms with van der Waals surface area (Å²) in [5, 5.41) is 5.46. The highest BCUT2D eigenvalue weighted by molar-refractivity contribution is 5.81. The fourth-order valence-corrected chi connectivity index (χ4v) is 1.88. The fourth-order valence-electron chi connectivity index (χ4n) is 1.88. The maximum Gasteiger partial charge on any atom is 0.236 e. The summed E-state index contributed by atoms with van der Waals surface area (Å²) in [6.07, 6.45) is 1.79. The van der Waals surface area contributed by atoms with Gasteiger partial charge in [-0.3, -0.25) is 9.59 Å². The van der Waals surface area contributed by atoms with Crippen LogP contribution in [0.4, 0.5) is 0 Å². The van der Waals surface area contributed by atoms with Crippen LogP contribution >= 0.6 is 0 Å². The van der Waals surface area contributed by atoms with Gasteiger partial charge in [-0.2, -0.15) is 0 Å². The predicted molar refractivity (Wildman–Crippen MR) is 57.3 cm³/mol. The molecule has 0 aromatic rings. The van der Waals surface area contributed by atoms with Crippen molar-refractivity contribution in [2.45, 2.75) is 12.8 Å². The maximum atomic E-state index is 11.6. The number of carbonyl (C=O) groups is 2. The number of piperidine rings is 1. The molecule has 0 aromatic heterocycles. The van der Waals surface area contributed by atoms with Crippen molar-refractivity contribution < 1.29 is 9.59 Å². The van der Waals surface area contributed by atoms with Gasteiger partial charge < -0.3 is 15.5 Å². The molecule has 1 atom stereocenters. The summed E-state index contributed by atoms with van der Waals surface area (Å²) in [6, 6.07) is 0. The van der Waals surface area contributed by atoms with Crippen LogP contribution in [0.5, 0.6) is 0 Å². The van der Waals surface area contributed by atoms with Gasteiger partial charge in [0.25, 0.3) is 0 Å². The molecule has 0 radical (unpaired) electrons. The minimum atomic E-state index is -0.0374. The van der Waals surface area contributed by atoms with Crippen molar-refractivity contribution in [2.24, 2.45) is 5.92 Å². The summed E-state index contributed by atoms with van der Waals surface area (Å²) in [7, 11) is 3.38. The van der Waals surface area contributed by atoms with E-state index in [0.29, 0.717) is 13.1 Å². The zero-order chi connectivity index (χ0) is 11.3. The highest BCUT2D eigenvalue weighted by atomic mass is 16.2. The van der Waals surface area contributed by atoms with E-state index < -0.39 is 0 Å². The molecule has 15 heavy (non-hydrogen) atoms. The number of likely N-dealkylation sites (tertiary alicyclic amines) is 1. The maximum absolute atomic E-state index is 11.6. The van der Waals surface area contributed by atoms with Gasteiger partial charge in [0.2, 0.25) is 11.8 Å². The van der Waals surface area contributed by atoms with E-state index in [1.807, 2.05) is 0 Å². The van der Waals surface area contributed by atoms with Gasteiger partial charge in [-0.05, 0) is 19.9 Å². The molecule has 1 unspecified atom stereocenters. The largest absolute Gasteiger partial charge is 0.359 e. The van der Waals surface area contributed by atoms with Crippen molar-refractivity contribution in [3.63, 3.8) is 0 Å². The van der Waals surface area contributed by atoms with E-state index in [-0.39, 0.29) is 17.7 Å². The van der Waals surface area contributed by atoms with Gasteiger partial charge in [0.15, 0.2) is 0 Å². The Morgan fingerprint density at radius 3 is 2.73 bits per heavy atom.